The Kier molecular flexibility index (Phi) is 5.59. The van der Waals surface area contributed by atoms with Crippen LogP contribution in [0, 0.1) is 11.3 Å². The fourth-order valence-electron chi connectivity index (χ4n) is 1.86. The number of amides is 1. The van der Waals surface area contributed by atoms with E-state index >= 15 is 0 Å². The fourth-order valence-corrected chi connectivity index (χ4v) is 1.86. The smallest absolute Gasteiger partial charge is 0.384 e. The van der Waals surface area contributed by atoms with E-state index in [1.54, 1.807) is 6.92 Å². The van der Waals surface area contributed by atoms with Gasteiger partial charge in [-0.2, -0.15) is 18.4 Å². The molecule has 1 N–H and O–H groups in total. The van der Waals surface area contributed by atoms with E-state index in [1.807, 2.05) is 6.07 Å². The van der Waals surface area contributed by atoms with E-state index in [9.17, 15) is 18.0 Å². The van der Waals surface area contributed by atoms with E-state index < -0.39 is 17.6 Å². The van der Waals surface area contributed by atoms with E-state index in [1.165, 1.54) is 24.1 Å². The second-order valence-electron chi connectivity index (χ2n) is 4.39. The number of hydrogen-bond donors (Lipinski definition) is 1. The molecule has 1 aromatic carbocycles. The third-order valence-electron chi connectivity index (χ3n) is 2.86. The molecule has 0 fully saturated rings. The van der Waals surface area contributed by atoms with Crippen LogP contribution in [0.15, 0.2) is 18.2 Å². The van der Waals surface area contributed by atoms with E-state index in [-0.39, 0.29) is 30.8 Å². The Morgan fingerprint density at radius 1 is 1.43 bits per heavy atom. The summed E-state index contributed by atoms with van der Waals surface area (Å²) in [6, 6.07) is 5.37. The third kappa shape index (κ3) is 4.12. The molecule has 21 heavy (non-hydrogen) atoms. The summed E-state index contributed by atoms with van der Waals surface area (Å²) in [6.07, 6.45) is -4.42. The van der Waals surface area contributed by atoms with Gasteiger partial charge in [-0.3, -0.25) is 4.79 Å². The molecular weight excluding hydrogens is 283 g/mol. The standard InChI is InChI=1S/C14H16F3N3O/c1-3-19-12-10(13(21)20(2)9-5-8-18)6-4-7-11(12)14(15,16)17/h4,6-7,19H,3,5,9H2,1-2H3. The van der Waals surface area contributed by atoms with Gasteiger partial charge < -0.3 is 10.2 Å². The lowest BCUT2D eigenvalue weighted by atomic mass is 10.0. The number of hydrogen-bond acceptors (Lipinski definition) is 3. The zero-order chi connectivity index (χ0) is 16.0. The van der Waals surface area contributed by atoms with Crippen molar-refractivity contribution in [3.05, 3.63) is 29.3 Å². The van der Waals surface area contributed by atoms with Gasteiger partial charge in [-0.05, 0) is 19.1 Å². The molecule has 0 radical (unpaired) electrons. The molecule has 7 heteroatoms. The van der Waals surface area contributed by atoms with Gasteiger partial charge in [0.2, 0.25) is 0 Å². The monoisotopic (exact) mass is 299 g/mol. The molecule has 0 aromatic heterocycles. The van der Waals surface area contributed by atoms with Crippen molar-refractivity contribution in [2.24, 2.45) is 0 Å². The van der Waals surface area contributed by atoms with Crippen LogP contribution in [-0.2, 0) is 6.18 Å². The molecule has 1 rings (SSSR count). The maximum absolute atomic E-state index is 13.0. The van der Waals surface area contributed by atoms with Gasteiger partial charge in [0, 0.05) is 20.1 Å². The largest absolute Gasteiger partial charge is 0.418 e. The van der Waals surface area contributed by atoms with Crippen LogP contribution >= 0.6 is 0 Å². The fraction of sp³-hybridized carbons (Fsp3) is 0.429. The zero-order valence-corrected chi connectivity index (χ0v) is 11.8. The van der Waals surface area contributed by atoms with Crippen molar-refractivity contribution < 1.29 is 18.0 Å². The molecule has 0 unspecified atom stereocenters. The summed E-state index contributed by atoms with van der Waals surface area (Å²) in [5, 5.41) is 11.1. The molecule has 1 amide bonds. The molecular formula is C14H16F3N3O. The number of rotatable bonds is 5. The van der Waals surface area contributed by atoms with Crippen LogP contribution < -0.4 is 5.32 Å². The molecule has 0 aliphatic heterocycles. The highest BCUT2D eigenvalue weighted by Crippen LogP contribution is 2.36. The van der Waals surface area contributed by atoms with E-state index in [2.05, 4.69) is 5.32 Å². The van der Waals surface area contributed by atoms with Gasteiger partial charge in [-0.1, -0.05) is 6.07 Å². The van der Waals surface area contributed by atoms with E-state index in [0.29, 0.717) is 0 Å². The lowest BCUT2D eigenvalue weighted by molar-refractivity contribution is -0.137. The minimum Gasteiger partial charge on any atom is -0.384 e. The van der Waals surface area contributed by atoms with Crippen LogP contribution in [-0.4, -0.2) is 30.9 Å². The number of nitrogens with one attached hydrogen (secondary N) is 1. The number of benzene rings is 1. The molecule has 0 aliphatic rings. The van der Waals surface area contributed by atoms with Crippen LogP contribution in [0.5, 0.6) is 0 Å². The van der Waals surface area contributed by atoms with Crippen LogP contribution in [0.2, 0.25) is 0 Å². The highest BCUT2D eigenvalue weighted by atomic mass is 19.4. The molecule has 114 valence electrons. The molecule has 0 atom stereocenters. The number of anilines is 1. The number of para-hydroxylation sites is 1. The van der Waals surface area contributed by atoms with Crippen molar-refractivity contribution in [2.75, 3.05) is 25.5 Å². The van der Waals surface area contributed by atoms with Crippen molar-refractivity contribution in [1.29, 1.82) is 5.26 Å². The zero-order valence-electron chi connectivity index (χ0n) is 11.8. The number of carbonyl (C=O) groups excluding carboxylic acids is 1. The lowest BCUT2D eigenvalue weighted by Crippen LogP contribution is -2.29. The van der Waals surface area contributed by atoms with Crippen molar-refractivity contribution >= 4 is 11.6 Å². The Hall–Kier alpha value is -2.23. The van der Waals surface area contributed by atoms with Gasteiger partial charge in [0.1, 0.15) is 0 Å². The van der Waals surface area contributed by atoms with Crippen LogP contribution in [0.25, 0.3) is 0 Å². The Labute approximate surface area is 121 Å². The van der Waals surface area contributed by atoms with Crippen molar-refractivity contribution in [3.8, 4) is 6.07 Å². The third-order valence-corrected chi connectivity index (χ3v) is 2.86. The first kappa shape index (κ1) is 16.8. The van der Waals surface area contributed by atoms with Crippen molar-refractivity contribution in [1.82, 2.24) is 4.90 Å². The van der Waals surface area contributed by atoms with Gasteiger partial charge in [-0.25, -0.2) is 0 Å². The van der Waals surface area contributed by atoms with Gasteiger partial charge >= 0.3 is 6.18 Å². The average molecular weight is 299 g/mol. The molecule has 4 nitrogen and oxygen atoms in total. The predicted octanol–water partition coefficient (Wildman–Crippen LogP) is 3.12. The summed E-state index contributed by atoms with van der Waals surface area (Å²) in [4.78, 5) is 13.5. The van der Waals surface area contributed by atoms with E-state index in [0.717, 1.165) is 6.07 Å². The molecule has 0 aliphatic carbocycles. The number of nitriles is 1. The quantitative estimate of drug-likeness (QED) is 0.909. The Balaban J connectivity index is 3.23. The number of alkyl halides is 3. The van der Waals surface area contributed by atoms with Gasteiger partial charge in [0.05, 0.1) is 29.3 Å². The van der Waals surface area contributed by atoms with Crippen LogP contribution in [0.3, 0.4) is 0 Å². The van der Waals surface area contributed by atoms with Crippen molar-refractivity contribution in [3.63, 3.8) is 0 Å². The molecule has 0 heterocycles. The summed E-state index contributed by atoms with van der Waals surface area (Å²) in [7, 11) is 1.45. The first-order chi connectivity index (χ1) is 9.82. The second kappa shape index (κ2) is 6.97. The van der Waals surface area contributed by atoms with Gasteiger partial charge in [0.25, 0.3) is 5.91 Å². The Morgan fingerprint density at radius 2 is 2.10 bits per heavy atom. The average Bonchev–Trinajstić information content (AvgIpc) is 2.43. The van der Waals surface area contributed by atoms with Crippen LogP contribution in [0.4, 0.5) is 18.9 Å². The SMILES string of the molecule is CCNc1c(C(=O)N(C)CCC#N)cccc1C(F)(F)F. The predicted molar refractivity (Wildman–Crippen MR) is 72.8 cm³/mol. The van der Waals surface area contributed by atoms with Gasteiger partial charge in [-0.15, -0.1) is 0 Å². The number of halogens is 3. The minimum atomic E-state index is -4.54. The molecule has 0 spiro atoms. The van der Waals surface area contributed by atoms with E-state index in [4.69, 9.17) is 5.26 Å². The summed E-state index contributed by atoms with van der Waals surface area (Å²) in [5.74, 6) is -0.549. The lowest BCUT2D eigenvalue weighted by Gasteiger charge is -2.21. The van der Waals surface area contributed by atoms with Crippen LogP contribution in [0.1, 0.15) is 29.3 Å². The Bertz CT molecular complexity index is 549. The number of carbonyl (C=O) groups is 1. The topological polar surface area (TPSA) is 56.1 Å². The van der Waals surface area contributed by atoms with Gasteiger partial charge in [0.15, 0.2) is 0 Å². The molecule has 1 aromatic rings. The summed E-state index contributed by atoms with van der Waals surface area (Å²) >= 11 is 0. The Morgan fingerprint density at radius 3 is 2.62 bits per heavy atom. The normalized spacial score (nSPS) is 10.9. The minimum absolute atomic E-state index is 0.0490. The summed E-state index contributed by atoms with van der Waals surface area (Å²) < 4.78 is 39.0. The highest BCUT2D eigenvalue weighted by Gasteiger charge is 2.35. The maximum Gasteiger partial charge on any atom is 0.418 e. The summed E-state index contributed by atoms with van der Waals surface area (Å²) in [6.45, 7) is 2.08. The highest BCUT2D eigenvalue weighted by molar-refractivity contribution is 6.00. The van der Waals surface area contributed by atoms with Crippen molar-refractivity contribution in [2.45, 2.75) is 19.5 Å². The molecule has 0 saturated carbocycles. The number of nitrogens with zero attached hydrogens (tertiary/aromatic N) is 2. The molecule has 0 saturated heterocycles. The maximum atomic E-state index is 13.0. The summed E-state index contributed by atoms with van der Waals surface area (Å²) in [5.41, 5.74) is -1.14. The first-order valence-corrected chi connectivity index (χ1v) is 6.39. The first-order valence-electron chi connectivity index (χ1n) is 6.39. The molecule has 0 bridgehead atoms. The second-order valence-corrected chi connectivity index (χ2v) is 4.39.